The van der Waals surface area contributed by atoms with Crippen LogP contribution >= 0.6 is 0 Å². The number of benzene rings is 1. The van der Waals surface area contributed by atoms with E-state index in [1.165, 1.54) is 0 Å². The Morgan fingerprint density at radius 2 is 2.21 bits per heavy atom. The fourth-order valence-electron chi connectivity index (χ4n) is 1.98. The maximum absolute atomic E-state index is 10.9. The van der Waals surface area contributed by atoms with Crippen molar-refractivity contribution >= 4 is 11.7 Å². The van der Waals surface area contributed by atoms with Gasteiger partial charge >= 0.3 is 5.97 Å². The molecule has 1 heterocycles. The van der Waals surface area contributed by atoms with Gasteiger partial charge in [0.25, 0.3) is 0 Å². The topological polar surface area (TPSA) is 40.5 Å². The van der Waals surface area contributed by atoms with Crippen LogP contribution in [0.2, 0.25) is 0 Å². The van der Waals surface area contributed by atoms with E-state index in [1.807, 2.05) is 36.2 Å². The summed E-state index contributed by atoms with van der Waals surface area (Å²) in [4.78, 5) is 12.9. The van der Waals surface area contributed by atoms with Crippen LogP contribution in [0.1, 0.15) is 5.56 Å². The molecule has 1 aliphatic heterocycles. The fourth-order valence-corrected chi connectivity index (χ4v) is 1.98. The van der Waals surface area contributed by atoms with Crippen LogP contribution in [0.4, 0.5) is 5.69 Å². The number of carboxylic acid groups (broad SMARTS) is 1. The van der Waals surface area contributed by atoms with Crippen molar-refractivity contribution < 1.29 is 9.90 Å². The normalized spacial score (nSPS) is 20.4. The van der Waals surface area contributed by atoms with Crippen molar-refractivity contribution in [2.24, 2.45) is 5.92 Å². The van der Waals surface area contributed by atoms with Crippen molar-refractivity contribution in [2.75, 3.05) is 18.5 Å². The quantitative estimate of drug-likeness (QED) is 0.729. The third-order valence-electron chi connectivity index (χ3n) is 2.71. The van der Waals surface area contributed by atoms with Crippen molar-refractivity contribution in [1.29, 1.82) is 0 Å². The first-order chi connectivity index (χ1) is 6.68. The van der Waals surface area contributed by atoms with Gasteiger partial charge in [-0.1, -0.05) is 18.2 Å². The van der Waals surface area contributed by atoms with Gasteiger partial charge in [0.05, 0.1) is 5.92 Å². The lowest BCUT2D eigenvalue weighted by atomic mass is 9.93. The zero-order chi connectivity index (χ0) is 10.1. The number of anilines is 1. The Labute approximate surface area is 83.0 Å². The Hall–Kier alpha value is -1.51. The molecule has 14 heavy (non-hydrogen) atoms. The number of nitrogens with zero attached hydrogens (tertiary/aromatic N) is 1. The standard InChI is InChI=1S/C11H13NO2/c1-12-7-9(11(13)14)6-8-4-2-3-5-10(8)12/h2-5,9H,6-7H2,1H3,(H,13,14)/t9-/m0/s1. The van der Waals surface area contributed by atoms with E-state index in [-0.39, 0.29) is 5.92 Å². The first-order valence-corrected chi connectivity index (χ1v) is 4.70. The van der Waals surface area contributed by atoms with Crippen molar-refractivity contribution in [1.82, 2.24) is 0 Å². The first kappa shape index (κ1) is 9.06. The summed E-state index contributed by atoms with van der Waals surface area (Å²) in [5.74, 6) is -0.971. The Morgan fingerprint density at radius 1 is 1.50 bits per heavy atom. The maximum Gasteiger partial charge on any atom is 0.308 e. The van der Waals surface area contributed by atoms with Crippen LogP contribution in [0.5, 0.6) is 0 Å². The van der Waals surface area contributed by atoms with Gasteiger partial charge in [0.1, 0.15) is 0 Å². The zero-order valence-corrected chi connectivity index (χ0v) is 8.10. The number of rotatable bonds is 1. The molecule has 3 nitrogen and oxygen atoms in total. The van der Waals surface area contributed by atoms with Crippen LogP contribution in [0.25, 0.3) is 0 Å². The van der Waals surface area contributed by atoms with E-state index in [9.17, 15) is 4.79 Å². The van der Waals surface area contributed by atoms with Gasteiger partial charge in [-0.05, 0) is 18.1 Å². The molecule has 0 radical (unpaired) electrons. The van der Waals surface area contributed by atoms with Crippen LogP contribution in [0, 0.1) is 5.92 Å². The van der Waals surface area contributed by atoms with Gasteiger partial charge in [0.15, 0.2) is 0 Å². The van der Waals surface area contributed by atoms with E-state index in [1.54, 1.807) is 0 Å². The second-order valence-corrected chi connectivity index (χ2v) is 3.75. The smallest absolute Gasteiger partial charge is 0.308 e. The molecule has 0 saturated heterocycles. The Balaban J connectivity index is 2.33. The zero-order valence-electron chi connectivity index (χ0n) is 8.10. The number of hydrogen-bond acceptors (Lipinski definition) is 2. The molecule has 0 spiro atoms. The second-order valence-electron chi connectivity index (χ2n) is 3.75. The average Bonchev–Trinajstić information content (AvgIpc) is 2.17. The molecule has 1 aromatic rings. The minimum absolute atomic E-state index is 0.269. The van der Waals surface area contributed by atoms with Gasteiger partial charge in [-0.25, -0.2) is 0 Å². The fraction of sp³-hybridized carbons (Fsp3) is 0.364. The molecule has 0 aliphatic carbocycles. The van der Waals surface area contributed by atoms with E-state index in [0.717, 1.165) is 11.3 Å². The van der Waals surface area contributed by atoms with E-state index in [4.69, 9.17) is 5.11 Å². The largest absolute Gasteiger partial charge is 0.481 e. The highest BCUT2D eigenvalue weighted by Gasteiger charge is 2.26. The van der Waals surface area contributed by atoms with E-state index < -0.39 is 5.97 Å². The Kier molecular flexibility index (Phi) is 2.15. The molecule has 0 unspecified atom stereocenters. The molecule has 1 aromatic carbocycles. The van der Waals surface area contributed by atoms with E-state index >= 15 is 0 Å². The first-order valence-electron chi connectivity index (χ1n) is 4.70. The van der Waals surface area contributed by atoms with Crippen molar-refractivity contribution in [3.05, 3.63) is 29.8 Å². The van der Waals surface area contributed by atoms with Gasteiger partial charge < -0.3 is 10.0 Å². The number of para-hydroxylation sites is 1. The number of aliphatic carboxylic acids is 1. The summed E-state index contributed by atoms with van der Waals surface area (Å²) < 4.78 is 0. The number of fused-ring (bicyclic) bond motifs is 1. The van der Waals surface area contributed by atoms with Gasteiger partial charge in [-0.3, -0.25) is 4.79 Å². The summed E-state index contributed by atoms with van der Waals surface area (Å²) in [6.45, 7) is 0.604. The van der Waals surface area contributed by atoms with E-state index in [0.29, 0.717) is 13.0 Å². The summed E-state index contributed by atoms with van der Waals surface area (Å²) in [5, 5.41) is 8.95. The Morgan fingerprint density at radius 3 is 2.93 bits per heavy atom. The summed E-state index contributed by atoms with van der Waals surface area (Å²) in [6, 6.07) is 7.97. The van der Waals surface area contributed by atoms with E-state index in [2.05, 4.69) is 0 Å². The molecular weight excluding hydrogens is 178 g/mol. The second kappa shape index (κ2) is 3.33. The molecule has 74 valence electrons. The summed E-state index contributed by atoms with van der Waals surface area (Å²) in [6.07, 6.45) is 0.649. The summed E-state index contributed by atoms with van der Waals surface area (Å²) in [7, 11) is 1.94. The monoisotopic (exact) mass is 191 g/mol. The van der Waals surface area contributed by atoms with Gasteiger partial charge in [-0.2, -0.15) is 0 Å². The van der Waals surface area contributed by atoms with Gasteiger partial charge in [-0.15, -0.1) is 0 Å². The van der Waals surface area contributed by atoms with Crippen molar-refractivity contribution in [3.8, 4) is 0 Å². The predicted molar refractivity (Wildman–Crippen MR) is 54.5 cm³/mol. The molecule has 0 amide bonds. The van der Waals surface area contributed by atoms with Gasteiger partial charge in [0.2, 0.25) is 0 Å². The highest BCUT2D eigenvalue weighted by atomic mass is 16.4. The lowest BCUT2D eigenvalue weighted by Gasteiger charge is -2.31. The van der Waals surface area contributed by atoms with Crippen molar-refractivity contribution in [2.45, 2.75) is 6.42 Å². The lowest BCUT2D eigenvalue weighted by Crippen LogP contribution is -2.36. The molecule has 2 rings (SSSR count). The highest BCUT2D eigenvalue weighted by Crippen LogP contribution is 2.28. The third kappa shape index (κ3) is 1.45. The average molecular weight is 191 g/mol. The number of carbonyl (C=O) groups is 1. The SMILES string of the molecule is CN1C[C@@H](C(=O)O)Cc2ccccc21. The summed E-state index contributed by atoms with van der Waals surface area (Å²) >= 11 is 0. The van der Waals surface area contributed by atoms with Gasteiger partial charge in [0, 0.05) is 19.3 Å². The maximum atomic E-state index is 10.9. The molecular formula is C11H13NO2. The predicted octanol–water partition coefficient (Wildman–Crippen LogP) is 1.38. The molecule has 3 heteroatoms. The van der Waals surface area contributed by atoms with Crippen LogP contribution in [0.3, 0.4) is 0 Å². The number of hydrogen-bond donors (Lipinski definition) is 1. The molecule has 1 aliphatic rings. The van der Waals surface area contributed by atoms with Crippen LogP contribution in [0.15, 0.2) is 24.3 Å². The van der Waals surface area contributed by atoms with Crippen LogP contribution in [-0.2, 0) is 11.2 Å². The number of carboxylic acids is 1. The molecule has 0 saturated carbocycles. The van der Waals surface area contributed by atoms with Crippen LogP contribution in [-0.4, -0.2) is 24.7 Å². The lowest BCUT2D eigenvalue weighted by molar-refractivity contribution is -0.141. The highest BCUT2D eigenvalue weighted by molar-refractivity contribution is 5.73. The van der Waals surface area contributed by atoms with Crippen LogP contribution < -0.4 is 4.90 Å². The minimum atomic E-state index is -0.702. The third-order valence-corrected chi connectivity index (χ3v) is 2.71. The molecule has 1 N–H and O–H groups in total. The Bertz CT molecular complexity index is 362. The molecule has 0 bridgehead atoms. The molecule has 0 fully saturated rings. The molecule has 0 aromatic heterocycles. The van der Waals surface area contributed by atoms with Crippen molar-refractivity contribution in [3.63, 3.8) is 0 Å². The summed E-state index contributed by atoms with van der Waals surface area (Å²) in [5.41, 5.74) is 2.29. The minimum Gasteiger partial charge on any atom is -0.481 e. The molecule has 1 atom stereocenters.